The van der Waals surface area contributed by atoms with Crippen LogP contribution in [-0.4, -0.2) is 40.6 Å². The predicted octanol–water partition coefficient (Wildman–Crippen LogP) is 1.03. The number of carbonyl (C=O) groups is 1. The van der Waals surface area contributed by atoms with E-state index in [9.17, 15) is 4.79 Å². The number of rotatable bonds is 5. The van der Waals surface area contributed by atoms with Gasteiger partial charge in [-0.15, -0.1) is 0 Å². The zero-order chi connectivity index (χ0) is 11.3. The lowest BCUT2D eigenvalue weighted by Crippen LogP contribution is -2.37. The largest absolute Gasteiger partial charge is 0.480 e. The third-order valence-electron chi connectivity index (χ3n) is 2.49. The Morgan fingerprint density at radius 1 is 1.67 bits per heavy atom. The van der Waals surface area contributed by atoms with Gasteiger partial charge in [-0.1, -0.05) is 6.07 Å². The van der Waals surface area contributed by atoms with Gasteiger partial charge in [0.05, 0.1) is 0 Å². The van der Waals surface area contributed by atoms with Crippen molar-refractivity contribution in [1.29, 1.82) is 0 Å². The van der Waals surface area contributed by atoms with Gasteiger partial charge in [0.15, 0.2) is 0 Å². The number of carboxylic acids is 1. The monoisotopic (exact) mass is 208 g/mol. The average Bonchev–Trinajstić information content (AvgIpc) is 2.26. The second kappa shape index (κ2) is 5.46. The minimum atomic E-state index is -0.788. The molecule has 4 nitrogen and oxygen atoms in total. The van der Waals surface area contributed by atoms with Crippen molar-refractivity contribution in [2.24, 2.45) is 0 Å². The van der Waals surface area contributed by atoms with Crippen molar-refractivity contribution < 1.29 is 9.90 Å². The molecule has 0 aromatic carbocycles. The lowest BCUT2D eigenvalue weighted by molar-refractivity contribution is -0.142. The molecule has 1 N–H and O–H groups in total. The Hall–Kier alpha value is -1.42. The Labute approximate surface area is 89.6 Å². The molecule has 0 fully saturated rings. The van der Waals surface area contributed by atoms with Crippen molar-refractivity contribution in [2.45, 2.75) is 19.4 Å². The van der Waals surface area contributed by atoms with Gasteiger partial charge in [0.25, 0.3) is 0 Å². The number of carboxylic acid groups (broad SMARTS) is 1. The highest BCUT2D eigenvalue weighted by Gasteiger charge is 2.15. The molecule has 4 heteroatoms. The van der Waals surface area contributed by atoms with E-state index in [1.807, 2.05) is 24.1 Å². The molecule has 0 aliphatic carbocycles. The van der Waals surface area contributed by atoms with Crippen LogP contribution in [0.25, 0.3) is 0 Å². The van der Waals surface area contributed by atoms with Gasteiger partial charge in [-0.3, -0.25) is 14.7 Å². The van der Waals surface area contributed by atoms with Crippen LogP contribution < -0.4 is 0 Å². The van der Waals surface area contributed by atoms with E-state index in [0.717, 1.165) is 18.5 Å². The Morgan fingerprint density at radius 2 is 2.40 bits per heavy atom. The Morgan fingerprint density at radius 3 is 2.93 bits per heavy atom. The summed E-state index contributed by atoms with van der Waals surface area (Å²) in [6.07, 6.45) is 4.36. The van der Waals surface area contributed by atoms with E-state index in [-0.39, 0.29) is 0 Å². The van der Waals surface area contributed by atoms with Gasteiger partial charge in [0.1, 0.15) is 6.04 Å². The normalized spacial score (nSPS) is 12.7. The van der Waals surface area contributed by atoms with Gasteiger partial charge in [0, 0.05) is 18.9 Å². The smallest absolute Gasteiger partial charge is 0.320 e. The zero-order valence-corrected chi connectivity index (χ0v) is 9.05. The summed E-state index contributed by atoms with van der Waals surface area (Å²) >= 11 is 0. The van der Waals surface area contributed by atoms with Gasteiger partial charge >= 0.3 is 5.97 Å². The van der Waals surface area contributed by atoms with Crippen molar-refractivity contribution in [3.8, 4) is 0 Å². The number of aromatic nitrogens is 1. The molecule has 0 radical (unpaired) electrons. The predicted molar refractivity (Wildman–Crippen MR) is 57.7 cm³/mol. The summed E-state index contributed by atoms with van der Waals surface area (Å²) in [5.74, 6) is -0.788. The number of hydrogen-bond acceptors (Lipinski definition) is 3. The first kappa shape index (κ1) is 11.7. The highest BCUT2D eigenvalue weighted by atomic mass is 16.4. The maximum atomic E-state index is 10.7. The molecule has 0 aliphatic heterocycles. The van der Waals surface area contributed by atoms with Crippen LogP contribution in [0.2, 0.25) is 0 Å². The molecule has 1 unspecified atom stereocenters. The summed E-state index contributed by atoms with van der Waals surface area (Å²) in [4.78, 5) is 16.5. The van der Waals surface area contributed by atoms with Crippen molar-refractivity contribution in [3.63, 3.8) is 0 Å². The molecule has 0 saturated carbocycles. The minimum Gasteiger partial charge on any atom is -0.480 e. The summed E-state index contributed by atoms with van der Waals surface area (Å²) in [7, 11) is 1.81. The first-order valence-electron chi connectivity index (χ1n) is 4.93. The summed E-state index contributed by atoms with van der Waals surface area (Å²) in [6.45, 7) is 2.41. The van der Waals surface area contributed by atoms with Crippen molar-refractivity contribution in [3.05, 3.63) is 30.1 Å². The summed E-state index contributed by atoms with van der Waals surface area (Å²) in [6, 6.07) is 3.43. The molecule has 0 aliphatic rings. The number of likely N-dealkylation sites (N-methyl/N-ethyl adjacent to an activating group) is 1. The molecule has 1 heterocycles. The van der Waals surface area contributed by atoms with Crippen LogP contribution in [0.15, 0.2) is 24.5 Å². The van der Waals surface area contributed by atoms with Crippen LogP contribution >= 0.6 is 0 Å². The van der Waals surface area contributed by atoms with E-state index in [1.54, 1.807) is 19.3 Å². The highest BCUT2D eigenvalue weighted by Crippen LogP contribution is 2.01. The first-order valence-corrected chi connectivity index (χ1v) is 4.93. The SMILES string of the molecule is CC(C(=O)O)N(C)CCc1cccnc1. The fourth-order valence-electron chi connectivity index (χ4n) is 1.23. The standard InChI is InChI=1S/C11H16N2O2/c1-9(11(14)15)13(2)7-5-10-4-3-6-12-8-10/h3-4,6,8-9H,5,7H2,1-2H3,(H,14,15). The summed E-state index contributed by atoms with van der Waals surface area (Å²) in [5.41, 5.74) is 1.13. The minimum absolute atomic E-state index is 0.443. The van der Waals surface area contributed by atoms with Crippen LogP contribution in [-0.2, 0) is 11.2 Å². The number of hydrogen-bond donors (Lipinski definition) is 1. The molecule has 0 saturated heterocycles. The molecular weight excluding hydrogens is 192 g/mol. The Balaban J connectivity index is 2.41. The topological polar surface area (TPSA) is 53.4 Å². The van der Waals surface area contributed by atoms with Crippen molar-refractivity contribution in [1.82, 2.24) is 9.88 Å². The molecule has 1 atom stereocenters. The third-order valence-corrected chi connectivity index (χ3v) is 2.49. The highest BCUT2D eigenvalue weighted by molar-refractivity contribution is 5.72. The van der Waals surface area contributed by atoms with Crippen LogP contribution in [0, 0.1) is 0 Å². The fourth-order valence-corrected chi connectivity index (χ4v) is 1.23. The van der Waals surface area contributed by atoms with Crippen LogP contribution in [0.3, 0.4) is 0 Å². The van der Waals surface area contributed by atoms with E-state index in [0.29, 0.717) is 0 Å². The molecular formula is C11H16N2O2. The van der Waals surface area contributed by atoms with Gasteiger partial charge in [-0.25, -0.2) is 0 Å². The summed E-state index contributed by atoms with van der Waals surface area (Å²) < 4.78 is 0. The van der Waals surface area contributed by atoms with Crippen LogP contribution in [0.5, 0.6) is 0 Å². The summed E-state index contributed by atoms with van der Waals surface area (Å²) in [5, 5.41) is 8.80. The third kappa shape index (κ3) is 3.67. The average molecular weight is 208 g/mol. The van der Waals surface area contributed by atoms with E-state index in [1.165, 1.54) is 0 Å². The second-order valence-corrected chi connectivity index (χ2v) is 3.61. The van der Waals surface area contributed by atoms with Crippen molar-refractivity contribution in [2.75, 3.05) is 13.6 Å². The van der Waals surface area contributed by atoms with E-state index >= 15 is 0 Å². The Bertz CT molecular complexity index is 314. The van der Waals surface area contributed by atoms with Gasteiger partial charge in [-0.05, 0) is 32.0 Å². The van der Waals surface area contributed by atoms with E-state index in [2.05, 4.69) is 4.98 Å². The van der Waals surface area contributed by atoms with Gasteiger partial charge in [0.2, 0.25) is 0 Å². The number of aliphatic carboxylic acids is 1. The molecule has 15 heavy (non-hydrogen) atoms. The van der Waals surface area contributed by atoms with E-state index in [4.69, 9.17) is 5.11 Å². The van der Waals surface area contributed by atoms with E-state index < -0.39 is 12.0 Å². The Kier molecular flexibility index (Phi) is 4.24. The molecule has 0 amide bonds. The quantitative estimate of drug-likeness (QED) is 0.785. The van der Waals surface area contributed by atoms with Crippen LogP contribution in [0.4, 0.5) is 0 Å². The van der Waals surface area contributed by atoms with Gasteiger partial charge in [-0.2, -0.15) is 0 Å². The number of nitrogens with zero attached hydrogens (tertiary/aromatic N) is 2. The molecule has 1 rings (SSSR count). The lowest BCUT2D eigenvalue weighted by Gasteiger charge is -2.20. The molecule has 1 aromatic heterocycles. The first-order chi connectivity index (χ1) is 7.11. The lowest BCUT2D eigenvalue weighted by atomic mass is 10.2. The van der Waals surface area contributed by atoms with Crippen LogP contribution in [0.1, 0.15) is 12.5 Å². The molecule has 0 bridgehead atoms. The number of pyridine rings is 1. The second-order valence-electron chi connectivity index (χ2n) is 3.61. The van der Waals surface area contributed by atoms with Gasteiger partial charge < -0.3 is 5.11 Å². The maximum absolute atomic E-state index is 10.7. The zero-order valence-electron chi connectivity index (χ0n) is 9.05. The molecule has 82 valence electrons. The molecule has 0 spiro atoms. The fraction of sp³-hybridized carbons (Fsp3) is 0.455. The molecule has 1 aromatic rings. The maximum Gasteiger partial charge on any atom is 0.320 e. The van der Waals surface area contributed by atoms with Crippen molar-refractivity contribution >= 4 is 5.97 Å².